The summed E-state index contributed by atoms with van der Waals surface area (Å²) < 4.78 is 0. The molecule has 0 saturated heterocycles. The van der Waals surface area contributed by atoms with Crippen LogP contribution in [0.3, 0.4) is 0 Å². The topological polar surface area (TPSA) is 0 Å². The van der Waals surface area contributed by atoms with Crippen molar-refractivity contribution in [3.63, 3.8) is 0 Å². The summed E-state index contributed by atoms with van der Waals surface area (Å²) in [6.07, 6.45) is 0. The lowest BCUT2D eigenvalue weighted by Crippen LogP contribution is -1.85. The third-order valence-corrected chi connectivity index (χ3v) is 2.44. The standard InChI is InChI=1S/C12H8.CH4/c1-2-10-4-3-9(1)11-5-7-12(10)8-6-11;/h1-8H;1H4. The van der Waals surface area contributed by atoms with Crippen LogP contribution in [-0.4, -0.2) is 0 Å². The molecule has 0 aliphatic heterocycles. The van der Waals surface area contributed by atoms with Crippen LogP contribution in [0.4, 0.5) is 0 Å². The van der Waals surface area contributed by atoms with Gasteiger partial charge in [-0.3, -0.25) is 0 Å². The van der Waals surface area contributed by atoms with Gasteiger partial charge in [0, 0.05) is 0 Å². The molecule has 4 bridgehead atoms. The smallest absolute Gasteiger partial charge is 0.0184 e. The second-order valence-electron chi connectivity index (χ2n) is 3.15. The molecular weight excluding hydrogens is 156 g/mol. The predicted molar refractivity (Wildman–Crippen MR) is 57.6 cm³/mol. The molecule has 0 heteroatoms. The third-order valence-electron chi connectivity index (χ3n) is 2.44. The van der Waals surface area contributed by atoms with Crippen molar-refractivity contribution < 1.29 is 0 Å². The molecule has 0 radical (unpaired) electrons. The highest BCUT2D eigenvalue weighted by Gasteiger charge is 2.04. The van der Waals surface area contributed by atoms with Crippen LogP contribution in [-0.2, 0) is 0 Å². The molecule has 4 aliphatic carbocycles. The monoisotopic (exact) mass is 168 g/mol. The Morgan fingerprint density at radius 3 is 0.692 bits per heavy atom. The Kier molecular flexibility index (Phi) is 1.70. The molecule has 64 valence electrons. The van der Waals surface area contributed by atoms with Gasteiger partial charge in [0.25, 0.3) is 0 Å². The number of hydrogen-bond acceptors (Lipinski definition) is 0. The average Bonchev–Trinajstić information content (AvgIpc) is 2.13. The lowest BCUT2D eigenvalue weighted by atomic mass is 9.95. The van der Waals surface area contributed by atoms with Crippen molar-refractivity contribution >= 4 is 0 Å². The van der Waals surface area contributed by atoms with E-state index in [2.05, 4.69) is 48.5 Å². The van der Waals surface area contributed by atoms with Gasteiger partial charge in [0.2, 0.25) is 0 Å². The van der Waals surface area contributed by atoms with Crippen molar-refractivity contribution in [1.29, 1.82) is 0 Å². The maximum atomic E-state index is 2.18. The zero-order valence-electron chi connectivity index (χ0n) is 6.62. The van der Waals surface area contributed by atoms with Gasteiger partial charge in [0.05, 0.1) is 0 Å². The maximum Gasteiger partial charge on any atom is -0.0184 e. The second-order valence-corrected chi connectivity index (χ2v) is 3.15. The van der Waals surface area contributed by atoms with E-state index in [-0.39, 0.29) is 7.43 Å². The van der Waals surface area contributed by atoms with Gasteiger partial charge in [-0.1, -0.05) is 56.0 Å². The lowest BCUT2D eigenvalue weighted by Gasteiger charge is -2.10. The highest BCUT2D eigenvalue weighted by atomic mass is 14.1. The van der Waals surface area contributed by atoms with Crippen molar-refractivity contribution in [1.82, 2.24) is 0 Å². The average molecular weight is 168 g/mol. The van der Waals surface area contributed by atoms with E-state index >= 15 is 0 Å². The Morgan fingerprint density at radius 2 is 0.538 bits per heavy atom. The normalized spacial score (nSPS) is 10.5. The fourth-order valence-corrected chi connectivity index (χ4v) is 1.71. The fourth-order valence-electron chi connectivity index (χ4n) is 1.71. The minimum Gasteiger partial charge on any atom is -0.0776 e. The summed E-state index contributed by atoms with van der Waals surface area (Å²) in [6.45, 7) is 0. The van der Waals surface area contributed by atoms with E-state index < -0.39 is 0 Å². The lowest BCUT2D eigenvalue weighted by molar-refractivity contribution is 1.55. The molecule has 2 aromatic rings. The van der Waals surface area contributed by atoms with Crippen LogP contribution in [0.1, 0.15) is 7.43 Å². The molecule has 0 fully saturated rings. The van der Waals surface area contributed by atoms with Crippen LogP contribution in [0.5, 0.6) is 0 Å². The van der Waals surface area contributed by atoms with Crippen LogP contribution in [0.15, 0.2) is 48.5 Å². The highest BCUT2D eigenvalue weighted by molar-refractivity contribution is 5.75. The Morgan fingerprint density at radius 1 is 0.385 bits per heavy atom. The molecule has 0 unspecified atom stereocenters. The van der Waals surface area contributed by atoms with Gasteiger partial charge >= 0.3 is 0 Å². The van der Waals surface area contributed by atoms with Gasteiger partial charge in [-0.05, 0) is 22.3 Å². The number of benzene rings is 2. The molecule has 0 amide bonds. The molecule has 0 saturated carbocycles. The summed E-state index contributed by atoms with van der Waals surface area (Å²) in [4.78, 5) is 0. The first-order chi connectivity index (χ1) is 5.93. The number of hydrogen-bond donors (Lipinski definition) is 0. The Labute approximate surface area is 78.9 Å². The summed E-state index contributed by atoms with van der Waals surface area (Å²) in [6, 6.07) is 17.4. The fraction of sp³-hybridized carbons (Fsp3) is 0.0769. The van der Waals surface area contributed by atoms with Gasteiger partial charge in [-0.2, -0.15) is 0 Å². The molecule has 0 N–H and O–H groups in total. The van der Waals surface area contributed by atoms with Crippen LogP contribution in [0, 0.1) is 0 Å². The van der Waals surface area contributed by atoms with Crippen LogP contribution in [0.2, 0.25) is 0 Å². The van der Waals surface area contributed by atoms with E-state index in [1.54, 1.807) is 0 Å². The van der Waals surface area contributed by atoms with E-state index in [1.807, 2.05) is 0 Å². The highest BCUT2D eigenvalue weighted by Crippen LogP contribution is 2.30. The van der Waals surface area contributed by atoms with E-state index in [9.17, 15) is 0 Å². The first-order valence-corrected chi connectivity index (χ1v) is 4.14. The van der Waals surface area contributed by atoms with Crippen molar-refractivity contribution in [2.24, 2.45) is 0 Å². The predicted octanol–water partition coefficient (Wildman–Crippen LogP) is 3.97. The zero-order valence-corrected chi connectivity index (χ0v) is 6.62. The quantitative estimate of drug-likeness (QED) is 0.476. The molecule has 0 nitrogen and oxygen atoms in total. The second kappa shape index (κ2) is 2.74. The maximum absolute atomic E-state index is 2.18. The van der Waals surface area contributed by atoms with Crippen molar-refractivity contribution in [2.75, 3.05) is 0 Å². The third kappa shape index (κ3) is 1.06. The van der Waals surface area contributed by atoms with E-state index in [1.165, 1.54) is 22.3 Å². The molecule has 4 aliphatic rings. The molecule has 0 atom stereocenters. The molecule has 0 aromatic heterocycles. The summed E-state index contributed by atoms with van der Waals surface area (Å²) in [5.74, 6) is 0. The molecule has 6 rings (SSSR count). The summed E-state index contributed by atoms with van der Waals surface area (Å²) in [7, 11) is 0. The summed E-state index contributed by atoms with van der Waals surface area (Å²) in [5.41, 5.74) is 5.24. The van der Waals surface area contributed by atoms with E-state index in [4.69, 9.17) is 0 Å². The SMILES string of the molecule is C.c1cc2ccc1-c1ccc-2cc1. The van der Waals surface area contributed by atoms with Gasteiger partial charge < -0.3 is 0 Å². The van der Waals surface area contributed by atoms with E-state index in [0.717, 1.165) is 0 Å². The minimum absolute atomic E-state index is 0. The summed E-state index contributed by atoms with van der Waals surface area (Å²) >= 11 is 0. The molecule has 2 aromatic carbocycles. The molecule has 0 heterocycles. The zero-order chi connectivity index (χ0) is 7.97. The van der Waals surface area contributed by atoms with Gasteiger partial charge in [0.15, 0.2) is 0 Å². The van der Waals surface area contributed by atoms with Crippen molar-refractivity contribution in [3.05, 3.63) is 48.5 Å². The number of rotatable bonds is 0. The van der Waals surface area contributed by atoms with Crippen LogP contribution >= 0.6 is 0 Å². The first kappa shape index (κ1) is 8.06. The Bertz CT molecular complexity index is 321. The molecule has 0 spiro atoms. The first-order valence-electron chi connectivity index (χ1n) is 4.14. The minimum atomic E-state index is 0. The van der Waals surface area contributed by atoms with Crippen LogP contribution in [0.25, 0.3) is 22.3 Å². The van der Waals surface area contributed by atoms with Crippen molar-refractivity contribution in [2.45, 2.75) is 7.43 Å². The van der Waals surface area contributed by atoms with Crippen molar-refractivity contribution in [3.8, 4) is 22.3 Å². The van der Waals surface area contributed by atoms with Gasteiger partial charge in [-0.25, -0.2) is 0 Å². The molecular formula is C13H12. The van der Waals surface area contributed by atoms with Gasteiger partial charge in [-0.15, -0.1) is 0 Å². The van der Waals surface area contributed by atoms with E-state index in [0.29, 0.717) is 0 Å². The Hall–Kier alpha value is -1.56. The van der Waals surface area contributed by atoms with Crippen LogP contribution < -0.4 is 0 Å². The largest absolute Gasteiger partial charge is 0.0776 e. The molecule has 13 heavy (non-hydrogen) atoms. The summed E-state index contributed by atoms with van der Waals surface area (Å²) in [5, 5.41) is 0. The Balaban J connectivity index is 0.000000653. The van der Waals surface area contributed by atoms with Gasteiger partial charge in [0.1, 0.15) is 0 Å².